The Labute approximate surface area is 153 Å². The maximum absolute atomic E-state index is 12.6. The monoisotopic (exact) mass is 378 g/mol. The Kier molecular flexibility index (Phi) is 5.07. The van der Waals surface area contributed by atoms with E-state index in [2.05, 4.69) is 5.32 Å². The van der Waals surface area contributed by atoms with Gasteiger partial charge in [0, 0.05) is 30.4 Å². The average molecular weight is 378 g/mol. The highest BCUT2D eigenvalue weighted by Crippen LogP contribution is 2.31. The summed E-state index contributed by atoms with van der Waals surface area (Å²) in [4.78, 5) is 26.2. The lowest BCUT2D eigenvalue weighted by Crippen LogP contribution is -2.28. The van der Waals surface area contributed by atoms with Crippen molar-refractivity contribution in [3.05, 3.63) is 54.1 Å². The quantitative estimate of drug-likeness (QED) is 0.883. The topological polar surface area (TPSA) is 58.6 Å². The van der Waals surface area contributed by atoms with Crippen molar-refractivity contribution >= 4 is 23.2 Å². The van der Waals surface area contributed by atoms with Crippen molar-refractivity contribution in [1.29, 1.82) is 0 Å². The molecule has 142 valence electrons. The van der Waals surface area contributed by atoms with Gasteiger partial charge in [0.05, 0.1) is 18.6 Å². The van der Waals surface area contributed by atoms with Gasteiger partial charge in [-0.05, 0) is 36.4 Å². The number of methoxy groups -OCH3 is 1. The van der Waals surface area contributed by atoms with E-state index in [0.29, 0.717) is 11.4 Å². The van der Waals surface area contributed by atoms with Crippen LogP contribution in [-0.2, 0) is 15.8 Å². The number of amides is 2. The average Bonchev–Trinajstić information content (AvgIpc) is 3.03. The van der Waals surface area contributed by atoms with Gasteiger partial charge in [0.25, 0.3) is 0 Å². The largest absolute Gasteiger partial charge is 0.497 e. The second kappa shape index (κ2) is 7.30. The smallest absolute Gasteiger partial charge is 0.416 e. The molecule has 0 saturated carbocycles. The second-order valence-electron chi connectivity index (χ2n) is 6.17. The van der Waals surface area contributed by atoms with Gasteiger partial charge in [0.2, 0.25) is 11.8 Å². The summed E-state index contributed by atoms with van der Waals surface area (Å²) in [6, 6.07) is 11.1. The van der Waals surface area contributed by atoms with Gasteiger partial charge in [-0.3, -0.25) is 9.59 Å². The molecule has 3 rings (SSSR count). The van der Waals surface area contributed by atoms with Crippen LogP contribution in [0.5, 0.6) is 5.75 Å². The molecular formula is C19H17F3N2O3. The predicted octanol–water partition coefficient (Wildman–Crippen LogP) is 3.71. The SMILES string of the molecule is COc1cccc(N2CC(C(=O)Nc3ccc(C(F)(F)F)cc3)CC2=O)c1. The number of alkyl halides is 3. The van der Waals surface area contributed by atoms with Crippen LogP contribution in [0, 0.1) is 5.92 Å². The van der Waals surface area contributed by atoms with E-state index >= 15 is 0 Å². The van der Waals surface area contributed by atoms with Crippen molar-refractivity contribution in [2.45, 2.75) is 12.6 Å². The first-order valence-corrected chi connectivity index (χ1v) is 8.20. The minimum Gasteiger partial charge on any atom is -0.497 e. The van der Waals surface area contributed by atoms with Gasteiger partial charge < -0.3 is 15.0 Å². The number of carbonyl (C=O) groups is 2. The molecule has 2 aromatic carbocycles. The number of hydrogen-bond acceptors (Lipinski definition) is 3. The van der Waals surface area contributed by atoms with Gasteiger partial charge in [-0.25, -0.2) is 0 Å². The highest BCUT2D eigenvalue weighted by molar-refractivity contribution is 6.03. The van der Waals surface area contributed by atoms with Crippen LogP contribution in [0.25, 0.3) is 0 Å². The summed E-state index contributed by atoms with van der Waals surface area (Å²) >= 11 is 0. The minimum absolute atomic E-state index is 0.0314. The summed E-state index contributed by atoms with van der Waals surface area (Å²) in [7, 11) is 1.52. The number of benzene rings is 2. The molecule has 0 spiro atoms. The molecule has 8 heteroatoms. The predicted molar refractivity (Wildman–Crippen MR) is 93.5 cm³/mol. The first-order valence-electron chi connectivity index (χ1n) is 8.20. The number of carbonyl (C=O) groups excluding carboxylic acids is 2. The standard InChI is InChI=1S/C19H17F3N2O3/c1-27-16-4-2-3-15(10-16)24-11-12(9-17(24)25)18(26)23-14-7-5-13(6-8-14)19(20,21)22/h2-8,10,12H,9,11H2,1H3,(H,23,26). The molecule has 1 fully saturated rings. The molecule has 1 aliphatic rings. The van der Waals surface area contributed by atoms with Crippen LogP contribution in [-0.4, -0.2) is 25.5 Å². The lowest BCUT2D eigenvalue weighted by atomic mass is 10.1. The molecule has 1 atom stereocenters. The molecule has 0 radical (unpaired) electrons. The number of hydrogen-bond donors (Lipinski definition) is 1. The van der Waals surface area contributed by atoms with E-state index in [0.717, 1.165) is 12.1 Å². The molecule has 0 bridgehead atoms. The maximum Gasteiger partial charge on any atom is 0.416 e. The molecule has 1 heterocycles. The van der Waals surface area contributed by atoms with Gasteiger partial charge in [-0.15, -0.1) is 0 Å². The van der Waals surface area contributed by atoms with Crippen molar-refractivity contribution < 1.29 is 27.5 Å². The van der Waals surface area contributed by atoms with Gasteiger partial charge in [-0.2, -0.15) is 13.2 Å². The number of halogens is 3. The zero-order valence-corrected chi connectivity index (χ0v) is 14.4. The van der Waals surface area contributed by atoms with Gasteiger partial charge >= 0.3 is 6.18 Å². The van der Waals surface area contributed by atoms with Crippen LogP contribution in [0.4, 0.5) is 24.5 Å². The van der Waals surface area contributed by atoms with Gasteiger partial charge in [-0.1, -0.05) is 6.07 Å². The molecule has 1 aliphatic heterocycles. The normalized spacial score (nSPS) is 17.1. The molecule has 2 amide bonds. The van der Waals surface area contributed by atoms with Crippen LogP contribution in [0.15, 0.2) is 48.5 Å². The minimum atomic E-state index is -4.43. The van der Waals surface area contributed by atoms with E-state index in [9.17, 15) is 22.8 Å². The number of anilines is 2. The molecule has 5 nitrogen and oxygen atoms in total. The fourth-order valence-electron chi connectivity index (χ4n) is 2.90. The van der Waals surface area contributed by atoms with Crippen LogP contribution in [0.2, 0.25) is 0 Å². The summed E-state index contributed by atoms with van der Waals surface area (Å²) in [6.07, 6.45) is -4.40. The number of nitrogens with one attached hydrogen (secondary N) is 1. The van der Waals surface area contributed by atoms with Crippen LogP contribution < -0.4 is 15.0 Å². The zero-order chi connectivity index (χ0) is 19.6. The molecule has 2 aromatic rings. The number of nitrogens with zero attached hydrogens (tertiary/aromatic N) is 1. The first-order chi connectivity index (χ1) is 12.8. The van der Waals surface area contributed by atoms with E-state index in [1.54, 1.807) is 24.3 Å². The summed E-state index contributed by atoms with van der Waals surface area (Å²) in [5.74, 6) is -0.603. The molecular weight excluding hydrogens is 361 g/mol. The van der Waals surface area contributed by atoms with Crippen LogP contribution in [0.3, 0.4) is 0 Å². The summed E-state index contributed by atoms with van der Waals surface area (Å²) in [6.45, 7) is 0.193. The van der Waals surface area contributed by atoms with E-state index in [-0.39, 0.29) is 24.6 Å². The lowest BCUT2D eigenvalue weighted by molar-refractivity contribution is -0.137. The van der Waals surface area contributed by atoms with Crippen molar-refractivity contribution in [2.24, 2.45) is 5.92 Å². The molecule has 1 N–H and O–H groups in total. The first kappa shape index (κ1) is 18.8. The molecule has 1 unspecified atom stereocenters. The number of rotatable bonds is 4. The Bertz CT molecular complexity index is 850. The molecule has 0 aliphatic carbocycles. The third kappa shape index (κ3) is 4.21. The Morgan fingerprint density at radius 2 is 1.89 bits per heavy atom. The van der Waals surface area contributed by atoms with Crippen LogP contribution in [0.1, 0.15) is 12.0 Å². The third-order valence-corrected chi connectivity index (χ3v) is 4.34. The Hall–Kier alpha value is -3.03. The second-order valence-corrected chi connectivity index (χ2v) is 6.17. The maximum atomic E-state index is 12.6. The van der Waals surface area contributed by atoms with Gasteiger partial charge in [0.15, 0.2) is 0 Å². The zero-order valence-electron chi connectivity index (χ0n) is 14.4. The van der Waals surface area contributed by atoms with E-state index in [4.69, 9.17) is 4.74 Å². The molecule has 1 saturated heterocycles. The summed E-state index contributed by atoms with van der Waals surface area (Å²) in [5.41, 5.74) is 0.0882. The van der Waals surface area contributed by atoms with Gasteiger partial charge in [0.1, 0.15) is 5.75 Å². The molecule has 0 aromatic heterocycles. The molecule has 27 heavy (non-hydrogen) atoms. The highest BCUT2D eigenvalue weighted by atomic mass is 19.4. The van der Waals surface area contributed by atoms with Crippen molar-refractivity contribution in [1.82, 2.24) is 0 Å². The number of ether oxygens (including phenoxy) is 1. The van der Waals surface area contributed by atoms with Crippen molar-refractivity contribution in [2.75, 3.05) is 23.9 Å². The summed E-state index contributed by atoms with van der Waals surface area (Å²) < 4.78 is 42.9. The van der Waals surface area contributed by atoms with E-state index in [1.807, 2.05) is 0 Å². The fourth-order valence-corrected chi connectivity index (χ4v) is 2.90. The van der Waals surface area contributed by atoms with E-state index < -0.39 is 23.6 Å². The van der Waals surface area contributed by atoms with Crippen molar-refractivity contribution in [3.63, 3.8) is 0 Å². The lowest BCUT2D eigenvalue weighted by Gasteiger charge is -2.17. The Balaban J connectivity index is 1.67. The van der Waals surface area contributed by atoms with Crippen molar-refractivity contribution in [3.8, 4) is 5.75 Å². The highest BCUT2D eigenvalue weighted by Gasteiger charge is 2.35. The summed E-state index contributed by atoms with van der Waals surface area (Å²) in [5, 5.41) is 2.57. The Morgan fingerprint density at radius 3 is 2.52 bits per heavy atom. The fraction of sp³-hybridized carbons (Fsp3) is 0.263. The third-order valence-electron chi connectivity index (χ3n) is 4.34. The van der Waals surface area contributed by atoms with Crippen LogP contribution >= 0.6 is 0 Å². The van der Waals surface area contributed by atoms with E-state index in [1.165, 1.54) is 24.1 Å². The Morgan fingerprint density at radius 1 is 1.19 bits per heavy atom.